The van der Waals surface area contributed by atoms with Gasteiger partial charge in [-0.25, -0.2) is 0 Å². The first-order valence-corrected chi connectivity index (χ1v) is 5.70. The lowest BCUT2D eigenvalue weighted by Gasteiger charge is -2.09. The Labute approximate surface area is 101 Å². The van der Waals surface area contributed by atoms with Gasteiger partial charge in [-0.1, -0.05) is 11.8 Å². The van der Waals surface area contributed by atoms with Gasteiger partial charge < -0.3 is 10.6 Å². The fraction of sp³-hybridized carbons (Fsp3) is 0.385. The van der Waals surface area contributed by atoms with Crippen molar-refractivity contribution < 1.29 is 4.79 Å². The van der Waals surface area contributed by atoms with Gasteiger partial charge >= 0.3 is 0 Å². The maximum atomic E-state index is 11.3. The third-order valence-corrected chi connectivity index (χ3v) is 2.70. The van der Waals surface area contributed by atoms with Crippen LogP contribution in [0.1, 0.15) is 24.0 Å². The van der Waals surface area contributed by atoms with Crippen LogP contribution in [0, 0.1) is 11.8 Å². The number of carbonyl (C=O) groups excluding carboxylic acids is 1. The van der Waals surface area contributed by atoms with E-state index in [1.807, 2.05) is 6.07 Å². The van der Waals surface area contributed by atoms with Gasteiger partial charge in [0.05, 0.1) is 6.54 Å². The lowest BCUT2D eigenvalue weighted by atomic mass is 10.2. The highest BCUT2D eigenvalue weighted by Crippen LogP contribution is 2.08. The summed E-state index contributed by atoms with van der Waals surface area (Å²) in [7, 11) is 0. The first-order chi connectivity index (χ1) is 8.29. The van der Waals surface area contributed by atoms with Gasteiger partial charge in [0, 0.05) is 37.5 Å². The molecule has 2 heterocycles. The number of aromatic nitrogens is 1. The number of amides is 1. The Morgan fingerprint density at radius 1 is 1.47 bits per heavy atom. The first-order valence-electron chi connectivity index (χ1n) is 5.70. The molecule has 1 aromatic rings. The van der Waals surface area contributed by atoms with Crippen molar-refractivity contribution in [3.05, 3.63) is 29.6 Å². The van der Waals surface area contributed by atoms with E-state index in [9.17, 15) is 4.79 Å². The number of likely N-dealkylation sites (tertiary alicyclic amines) is 1. The van der Waals surface area contributed by atoms with Crippen LogP contribution < -0.4 is 5.73 Å². The summed E-state index contributed by atoms with van der Waals surface area (Å²) >= 11 is 0. The molecule has 0 aromatic carbocycles. The highest BCUT2D eigenvalue weighted by atomic mass is 16.2. The third kappa shape index (κ3) is 3.05. The number of carbonyl (C=O) groups is 1. The zero-order valence-electron chi connectivity index (χ0n) is 9.65. The summed E-state index contributed by atoms with van der Waals surface area (Å²) in [5, 5.41) is 0. The monoisotopic (exact) mass is 229 g/mol. The molecule has 2 N–H and O–H groups in total. The molecule has 88 valence electrons. The molecule has 1 saturated heterocycles. The molecule has 1 aliphatic rings. The molecule has 17 heavy (non-hydrogen) atoms. The van der Waals surface area contributed by atoms with Gasteiger partial charge in [-0.2, -0.15) is 0 Å². The average molecular weight is 229 g/mol. The lowest BCUT2D eigenvalue weighted by molar-refractivity contribution is -0.127. The van der Waals surface area contributed by atoms with Gasteiger partial charge in [0.1, 0.15) is 0 Å². The summed E-state index contributed by atoms with van der Waals surface area (Å²) in [4.78, 5) is 17.2. The van der Waals surface area contributed by atoms with E-state index in [1.165, 1.54) is 0 Å². The van der Waals surface area contributed by atoms with Gasteiger partial charge in [0.15, 0.2) is 0 Å². The number of rotatable bonds is 2. The second kappa shape index (κ2) is 5.46. The van der Waals surface area contributed by atoms with Crippen LogP contribution in [0.3, 0.4) is 0 Å². The van der Waals surface area contributed by atoms with E-state index in [4.69, 9.17) is 5.73 Å². The van der Waals surface area contributed by atoms with Crippen LogP contribution in [0.4, 0.5) is 0 Å². The number of hydrogen-bond donors (Lipinski definition) is 1. The smallest absolute Gasteiger partial charge is 0.223 e. The minimum Gasteiger partial charge on any atom is -0.332 e. The van der Waals surface area contributed by atoms with E-state index in [0.29, 0.717) is 19.5 Å². The molecule has 0 spiro atoms. The molecule has 4 heteroatoms. The van der Waals surface area contributed by atoms with E-state index in [1.54, 1.807) is 17.3 Å². The number of nitrogens with two attached hydrogens (primary N) is 1. The van der Waals surface area contributed by atoms with Crippen molar-refractivity contribution in [3.63, 3.8) is 0 Å². The normalized spacial score (nSPS) is 14.6. The Morgan fingerprint density at radius 2 is 2.35 bits per heavy atom. The Bertz CT molecular complexity index is 473. The van der Waals surface area contributed by atoms with Crippen molar-refractivity contribution in [3.8, 4) is 11.8 Å². The van der Waals surface area contributed by atoms with E-state index in [2.05, 4.69) is 16.8 Å². The van der Waals surface area contributed by atoms with Crippen molar-refractivity contribution in [1.29, 1.82) is 0 Å². The van der Waals surface area contributed by atoms with Gasteiger partial charge in [0.2, 0.25) is 5.91 Å². The maximum Gasteiger partial charge on any atom is 0.223 e. The molecule has 0 bridgehead atoms. The first kappa shape index (κ1) is 11.6. The number of nitrogens with zero attached hydrogens (tertiary/aromatic N) is 2. The Hall–Kier alpha value is -1.86. The second-order valence-corrected chi connectivity index (χ2v) is 4.01. The summed E-state index contributed by atoms with van der Waals surface area (Å²) in [5.74, 6) is 6.21. The molecule has 0 radical (unpaired) electrons. The summed E-state index contributed by atoms with van der Waals surface area (Å²) in [6.07, 6.45) is 5.05. The summed E-state index contributed by atoms with van der Waals surface area (Å²) in [6.45, 7) is 1.80. The lowest BCUT2D eigenvalue weighted by Crippen LogP contribution is -2.24. The van der Waals surface area contributed by atoms with Crippen molar-refractivity contribution in [2.75, 3.05) is 13.1 Å². The Balaban J connectivity index is 1.98. The van der Waals surface area contributed by atoms with Crippen LogP contribution in [0.25, 0.3) is 0 Å². The molecule has 4 nitrogen and oxygen atoms in total. The zero-order valence-corrected chi connectivity index (χ0v) is 9.65. The molecule has 1 aromatic heterocycles. The molecule has 0 aliphatic carbocycles. The molecule has 1 amide bonds. The van der Waals surface area contributed by atoms with Crippen LogP contribution >= 0.6 is 0 Å². The van der Waals surface area contributed by atoms with Crippen molar-refractivity contribution in [2.45, 2.75) is 19.4 Å². The Morgan fingerprint density at radius 3 is 3.06 bits per heavy atom. The van der Waals surface area contributed by atoms with Gasteiger partial charge in [0.25, 0.3) is 0 Å². The van der Waals surface area contributed by atoms with Gasteiger partial charge in [-0.05, 0) is 18.1 Å². The molecule has 0 atom stereocenters. The van der Waals surface area contributed by atoms with E-state index in [-0.39, 0.29) is 5.91 Å². The third-order valence-electron chi connectivity index (χ3n) is 2.70. The standard InChI is InChI=1S/C13H15N3O/c14-8-12-7-11(9-15-10-12)3-1-5-16-6-2-4-13(16)17/h7,9-10H,2,4-6,8,14H2. The second-order valence-electron chi connectivity index (χ2n) is 4.01. The Kier molecular flexibility index (Phi) is 3.73. The number of pyridine rings is 1. The van der Waals surface area contributed by atoms with Crippen LogP contribution in [-0.2, 0) is 11.3 Å². The van der Waals surface area contributed by atoms with E-state index >= 15 is 0 Å². The molecular formula is C13H15N3O. The van der Waals surface area contributed by atoms with Crippen LogP contribution in [0.15, 0.2) is 18.5 Å². The average Bonchev–Trinajstić information content (AvgIpc) is 2.76. The molecule has 1 aliphatic heterocycles. The minimum absolute atomic E-state index is 0.202. The maximum absolute atomic E-state index is 11.3. The van der Waals surface area contributed by atoms with Crippen LogP contribution in [0.2, 0.25) is 0 Å². The van der Waals surface area contributed by atoms with Crippen molar-refractivity contribution >= 4 is 5.91 Å². The number of hydrogen-bond acceptors (Lipinski definition) is 3. The predicted molar refractivity (Wildman–Crippen MR) is 64.8 cm³/mol. The minimum atomic E-state index is 0.202. The molecule has 1 fully saturated rings. The fourth-order valence-electron chi connectivity index (χ4n) is 1.78. The largest absolute Gasteiger partial charge is 0.332 e. The van der Waals surface area contributed by atoms with E-state index in [0.717, 1.165) is 24.1 Å². The molecule has 0 saturated carbocycles. The van der Waals surface area contributed by atoms with Crippen LogP contribution in [-0.4, -0.2) is 28.9 Å². The van der Waals surface area contributed by atoms with Gasteiger partial charge in [-0.3, -0.25) is 9.78 Å². The highest BCUT2D eigenvalue weighted by Gasteiger charge is 2.18. The zero-order chi connectivity index (χ0) is 12.1. The molecular weight excluding hydrogens is 214 g/mol. The fourth-order valence-corrected chi connectivity index (χ4v) is 1.78. The summed E-state index contributed by atoms with van der Waals surface area (Å²) < 4.78 is 0. The van der Waals surface area contributed by atoms with Gasteiger partial charge in [-0.15, -0.1) is 0 Å². The quantitative estimate of drug-likeness (QED) is 0.752. The van der Waals surface area contributed by atoms with Crippen molar-refractivity contribution in [2.24, 2.45) is 5.73 Å². The molecule has 0 unspecified atom stereocenters. The van der Waals surface area contributed by atoms with Crippen LogP contribution in [0.5, 0.6) is 0 Å². The summed E-state index contributed by atoms with van der Waals surface area (Å²) in [6, 6.07) is 1.92. The predicted octanol–water partition coefficient (Wildman–Crippen LogP) is 0.514. The topological polar surface area (TPSA) is 59.2 Å². The molecule has 2 rings (SSSR count). The van der Waals surface area contributed by atoms with E-state index < -0.39 is 0 Å². The SMILES string of the molecule is NCc1cncc(C#CCN2CCCC2=O)c1. The van der Waals surface area contributed by atoms with Crippen molar-refractivity contribution in [1.82, 2.24) is 9.88 Å². The highest BCUT2D eigenvalue weighted by molar-refractivity contribution is 5.78. The summed E-state index contributed by atoms with van der Waals surface area (Å²) in [5.41, 5.74) is 7.34.